The van der Waals surface area contributed by atoms with Crippen LogP contribution in [0.5, 0.6) is 5.75 Å². The fourth-order valence-electron chi connectivity index (χ4n) is 2.91. The molecule has 1 saturated heterocycles. The van der Waals surface area contributed by atoms with Gasteiger partial charge in [0.2, 0.25) is 0 Å². The maximum absolute atomic E-state index is 11.9. The Morgan fingerprint density at radius 3 is 2.83 bits per heavy atom. The van der Waals surface area contributed by atoms with Crippen molar-refractivity contribution >= 4 is 11.8 Å². The van der Waals surface area contributed by atoms with Crippen LogP contribution < -0.4 is 15.4 Å². The lowest BCUT2D eigenvalue weighted by atomic mass is 9.78. The van der Waals surface area contributed by atoms with Crippen molar-refractivity contribution in [1.82, 2.24) is 10.6 Å². The Morgan fingerprint density at radius 1 is 1.39 bits per heavy atom. The van der Waals surface area contributed by atoms with Gasteiger partial charge in [0.15, 0.2) is 5.72 Å². The standard InChI is InChI=1S/C13H14N2O3/c1-7(16)10-11-8-5-3-4-6-9(8)18-13(10,2)15-12(17)14-11/h3-6,10-11H,1-2H3,(H2,14,15,17)/t10-,11-,13+/m1/s1. The molecule has 2 amide bonds. The maximum atomic E-state index is 11.9. The van der Waals surface area contributed by atoms with E-state index in [9.17, 15) is 9.59 Å². The summed E-state index contributed by atoms with van der Waals surface area (Å²) in [6, 6.07) is 6.82. The van der Waals surface area contributed by atoms with Crippen molar-refractivity contribution in [2.75, 3.05) is 0 Å². The van der Waals surface area contributed by atoms with Gasteiger partial charge in [0.1, 0.15) is 17.5 Å². The van der Waals surface area contributed by atoms with Gasteiger partial charge in [-0.05, 0) is 19.9 Å². The molecule has 18 heavy (non-hydrogen) atoms. The highest BCUT2D eigenvalue weighted by Gasteiger charge is 2.54. The topological polar surface area (TPSA) is 67.4 Å². The summed E-state index contributed by atoms with van der Waals surface area (Å²) >= 11 is 0. The van der Waals surface area contributed by atoms with E-state index in [1.54, 1.807) is 6.92 Å². The minimum Gasteiger partial charge on any atom is -0.467 e. The van der Waals surface area contributed by atoms with Crippen LogP contribution in [0.15, 0.2) is 24.3 Å². The normalized spacial score (nSPS) is 32.7. The zero-order valence-electron chi connectivity index (χ0n) is 10.2. The highest BCUT2D eigenvalue weighted by molar-refractivity contribution is 5.86. The number of ketones is 1. The van der Waals surface area contributed by atoms with Crippen LogP contribution in [0.4, 0.5) is 4.79 Å². The molecule has 3 rings (SSSR count). The lowest BCUT2D eigenvalue weighted by molar-refractivity contribution is -0.134. The predicted molar refractivity (Wildman–Crippen MR) is 64.1 cm³/mol. The van der Waals surface area contributed by atoms with Crippen LogP contribution in [0, 0.1) is 5.92 Å². The number of amides is 2. The van der Waals surface area contributed by atoms with Crippen LogP contribution in [-0.4, -0.2) is 17.5 Å². The zero-order valence-corrected chi connectivity index (χ0v) is 10.2. The molecule has 3 atom stereocenters. The van der Waals surface area contributed by atoms with Crippen molar-refractivity contribution in [3.05, 3.63) is 29.8 Å². The van der Waals surface area contributed by atoms with Gasteiger partial charge >= 0.3 is 6.03 Å². The van der Waals surface area contributed by atoms with Gasteiger partial charge in [0, 0.05) is 5.56 Å². The molecule has 94 valence electrons. The second kappa shape index (κ2) is 3.48. The van der Waals surface area contributed by atoms with Crippen LogP contribution in [0.2, 0.25) is 0 Å². The number of rotatable bonds is 1. The summed E-state index contributed by atoms with van der Waals surface area (Å²) < 4.78 is 5.84. The van der Waals surface area contributed by atoms with Gasteiger partial charge in [-0.15, -0.1) is 0 Å². The number of hydrogen-bond donors (Lipinski definition) is 2. The molecule has 0 unspecified atom stereocenters. The quantitative estimate of drug-likeness (QED) is 0.786. The van der Waals surface area contributed by atoms with E-state index < -0.39 is 11.6 Å². The van der Waals surface area contributed by atoms with Crippen molar-refractivity contribution in [2.24, 2.45) is 5.92 Å². The molecule has 0 saturated carbocycles. The van der Waals surface area contributed by atoms with Gasteiger partial charge in [-0.3, -0.25) is 10.1 Å². The first-order valence-corrected chi connectivity index (χ1v) is 5.88. The summed E-state index contributed by atoms with van der Waals surface area (Å²) in [5.41, 5.74) is -0.127. The fourth-order valence-corrected chi connectivity index (χ4v) is 2.91. The Hall–Kier alpha value is -2.04. The van der Waals surface area contributed by atoms with Crippen molar-refractivity contribution < 1.29 is 14.3 Å². The first-order chi connectivity index (χ1) is 8.51. The SMILES string of the molecule is CC(=O)[C@@H]1[C@@H]2NC(=O)N[C@@]1(C)Oc1ccccc12. The Labute approximate surface area is 105 Å². The van der Waals surface area contributed by atoms with Gasteiger partial charge in [-0.25, -0.2) is 4.79 Å². The molecule has 0 radical (unpaired) electrons. The minimum absolute atomic E-state index is 0.00972. The first-order valence-electron chi connectivity index (χ1n) is 5.88. The van der Waals surface area contributed by atoms with Crippen LogP contribution in [0.25, 0.3) is 0 Å². The number of hydrogen-bond acceptors (Lipinski definition) is 3. The van der Waals surface area contributed by atoms with Crippen molar-refractivity contribution in [3.8, 4) is 5.75 Å². The molecule has 1 fully saturated rings. The van der Waals surface area contributed by atoms with E-state index in [1.807, 2.05) is 24.3 Å². The Balaban J connectivity index is 2.17. The van der Waals surface area contributed by atoms with Gasteiger partial charge in [-0.2, -0.15) is 0 Å². The molecule has 0 spiro atoms. The van der Waals surface area contributed by atoms with E-state index in [1.165, 1.54) is 6.92 Å². The van der Waals surface area contributed by atoms with Crippen LogP contribution >= 0.6 is 0 Å². The second-order valence-electron chi connectivity index (χ2n) is 4.91. The number of carbonyl (C=O) groups excluding carboxylic acids is 2. The molecule has 2 aliphatic heterocycles. The number of nitrogens with one attached hydrogen (secondary N) is 2. The fraction of sp³-hybridized carbons (Fsp3) is 0.385. The molecule has 2 aliphatic rings. The highest BCUT2D eigenvalue weighted by atomic mass is 16.5. The van der Waals surface area contributed by atoms with Gasteiger partial charge in [0.05, 0.1) is 6.04 Å². The molecular formula is C13H14N2O3. The van der Waals surface area contributed by atoms with Crippen molar-refractivity contribution in [3.63, 3.8) is 0 Å². The monoisotopic (exact) mass is 246 g/mol. The molecule has 0 aromatic heterocycles. The molecule has 2 N–H and O–H groups in total. The van der Waals surface area contributed by atoms with Gasteiger partial charge in [0.25, 0.3) is 0 Å². The number of benzene rings is 1. The minimum atomic E-state index is -0.979. The van der Waals surface area contributed by atoms with Crippen LogP contribution in [0.3, 0.4) is 0 Å². The molecule has 5 heteroatoms. The number of Topliss-reactive ketones (excluding diaryl/α,β-unsaturated/α-hetero) is 1. The molecule has 2 bridgehead atoms. The smallest absolute Gasteiger partial charge is 0.318 e. The molecule has 1 aromatic rings. The van der Waals surface area contributed by atoms with E-state index >= 15 is 0 Å². The lowest BCUT2D eigenvalue weighted by Crippen LogP contribution is -2.69. The zero-order chi connectivity index (χ0) is 12.9. The third kappa shape index (κ3) is 1.40. The second-order valence-corrected chi connectivity index (χ2v) is 4.91. The molecule has 1 aromatic carbocycles. The third-order valence-electron chi connectivity index (χ3n) is 3.59. The molecular weight excluding hydrogens is 232 g/mol. The highest BCUT2D eigenvalue weighted by Crippen LogP contribution is 2.44. The maximum Gasteiger partial charge on any atom is 0.318 e. The number of fused-ring (bicyclic) bond motifs is 4. The summed E-state index contributed by atoms with van der Waals surface area (Å²) in [6.45, 7) is 3.26. The average molecular weight is 246 g/mol. The largest absolute Gasteiger partial charge is 0.467 e. The summed E-state index contributed by atoms with van der Waals surface area (Å²) in [7, 11) is 0. The first kappa shape index (κ1) is 11.1. The summed E-state index contributed by atoms with van der Waals surface area (Å²) in [5, 5.41) is 5.51. The average Bonchev–Trinajstić information content (AvgIpc) is 2.26. The van der Waals surface area contributed by atoms with Gasteiger partial charge in [-0.1, -0.05) is 18.2 Å². The van der Waals surface area contributed by atoms with E-state index in [2.05, 4.69) is 10.6 Å². The van der Waals surface area contributed by atoms with Crippen molar-refractivity contribution in [1.29, 1.82) is 0 Å². The van der Waals surface area contributed by atoms with Crippen molar-refractivity contribution in [2.45, 2.75) is 25.6 Å². The van der Waals surface area contributed by atoms with Gasteiger partial charge < -0.3 is 10.1 Å². The van der Waals surface area contributed by atoms with E-state index in [0.717, 1.165) is 5.56 Å². The number of para-hydroxylation sites is 1. The molecule has 2 heterocycles. The van der Waals surface area contributed by atoms with Crippen LogP contribution in [0.1, 0.15) is 25.5 Å². The predicted octanol–water partition coefficient (Wildman–Crippen LogP) is 1.35. The number of ether oxygens (including phenoxy) is 1. The Kier molecular flexibility index (Phi) is 2.14. The summed E-state index contributed by atoms with van der Waals surface area (Å²) in [4.78, 5) is 23.5. The Morgan fingerprint density at radius 2 is 2.11 bits per heavy atom. The third-order valence-corrected chi connectivity index (χ3v) is 3.59. The lowest BCUT2D eigenvalue weighted by Gasteiger charge is -2.49. The van der Waals surface area contributed by atoms with E-state index in [4.69, 9.17) is 4.74 Å². The molecule has 5 nitrogen and oxygen atoms in total. The number of urea groups is 1. The number of carbonyl (C=O) groups is 2. The summed E-state index contributed by atoms with van der Waals surface area (Å²) in [5.74, 6) is 0.268. The Bertz CT molecular complexity index is 543. The van der Waals surface area contributed by atoms with E-state index in [0.29, 0.717) is 5.75 Å². The molecule has 0 aliphatic carbocycles. The summed E-state index contributed by atoms with van der Waals surface area (Å²) in [6.07, 6.45) is 0. The van der Waals surface area contributed by atoms with E-state index in [-0.39, 0.29) is 17.9 Å². The van der Waals surface area contributed by atoms with Crippen LogP contribution in [-0.2, 0) is 4.79 Å².